The van der Waals surface area contributed by atoms with Crippen LogP contribution in [0.2, 0.25) is 5.02 Å². The highest BCUT2D eigenvalue weighted by molar-refractivity contribution is 6.33. The van der Waals surface area contributed by atoms with Gasteiger partial charge in [0.25, 0.3) is 0 Å². The van der Waals surface area contributed by atoms with Crippen molar-refractivity contribution in [3.05, 3.63) is 70.4 Å². The molecule has 1 atom stereocenters. The molecule has 122 valence electrons. The van der Waals surface area contributed by atoms with Gasteiger partial charge in [0.2, 0.25) is 5.78 Å². The van der Waals surface area contributed by atoms with Gasteiger partial charge in [0.1, 0.15) is 0 Å². The lowest BCUT2D eigenvalue weighted by molar-refractivity contribution is 0.0319. The molecule has 0 saturated carbocycles. The van der Waals surface area contributed by atoms with Gasteiger partial charge >= 0.3 is 5.97 Å². The van der Waals surface area contributed by atoms with Crippen LogP contribution in [-0.4, -0.2) is 22.8 Å². The molecule has 0 radical (unpaired) electrons. The number of rotatable bonds is 4. The number of aryl methyl sites for hydroxylation is 1. The predicted molar refractivity (Wildman–Crippen MR) is 93.7 cm³/mol. The summed E-state index contributed by atoms with van der Waals surface area (Å²) >= 11 is 5.99. The molecule has 0 aliphatic rings. The van der Waals surface area contributed by atoms with E-state index in [0.717, 1.165) is 16.6 Å². The minimum Gasteiger partial charge on any atom is -0.451 e. The monoisotopic (exact) mass is 341 g/mol. The third-order valence-electron chi connectivity index (χ3n) is 3.89. The average Bonchev–Trinajstić information content (AvgIpc) is 2.90. The number of para-hydroxylation sites is 1. The molecule has 3 rings (SSSR count). The van der Waals surface area contributed by atoms with Crippen molar-refractivity contribution in [2.75, 3.05) is 0 Å². The first-order valence-electron chi connectivity index (χ1n) is 7.56. The Morgan fingerprint density at radius 3 is 2.50 bits per heavy atom. The first-order chi connectivity index (χ1) is 11.5. The summed E-state index contributed by atoms with van der Waals surface area (Å²) in [5.41, 5.74) is 2.42. The molecule has 1 unspecified atom stereocenters. The van der Waals surface area contributed by atoms with Gasteiger partial charge in [-0.1, -0.05) is 41.9 Å². The molecule has 5 heteroatoms. The van der Waals surface area contributed by atoms with Crippen molar-refractivity contribution in [1.82, 2.24) is 4.98 Å². The zero-order chi connectivity index (χ0) is 17.3. The van der Waals surface area contributed by atoms with Gasteiger partial charge in [-0.2, -0.15) is 0 Å². The lowest BCUT2D eigenvalue weighted by Gasteiger charge is -2.13. The van der Waals surface area contributed by atoms with Crippen LogP contribution in [0.25, 0.3) is 10.9 Å². The van der Waals surface area contributed by atoms with Gasteiger partial charge in [0, 0.05) is 22.2 Å². The summed E-state index contributed by atoms with van der Waals surface area (Å²) < 4.78 is 5.32. The van der Waals surface area contributed by atoms with E-state index >= 15 is 0 Å². The molecule has 3 aromatic rings. The van der Waals surface area contributed by atoms with Crippen LogP contribution in [0.15, 0.2) is 48.5 Å². The fourth-order valence-electron chi connectivity index (χ4n) is 2.70. The molecule has 1 N–H and O–H groups in total. The van der Waals surface area contributed by atoms with Gasteiger partial charge in [-0.05, 0) is 32.0 Å². The van der Waals surface area contributed by atoms with Crippen molar-refractivity contribution >= 4 is 34.3 Å². The minimum absolute atomic E-state index is 0.245. The fraction of sp³-hybridized carbons (Fsp3) is 0.158. The summed E-state index contributed by atoms with van der Waals surface area (Å²) in [6.45, 7) is 3.40. The summed E-state index contributed by atoms with van der Waals surface area (Å²) in [6.07, 6.45) is -0.910. The Morgan fingerprint density at radius 1 is 1.08 bits per heavy atom. The Balaban J connectivity index is 1.86. The van der Waals surface area contributed by atoms with Crippen LogP contribution in [0.5, 0.6) is 0 Å². The summed E-state index contributed by atoms with van der Waals surface area (Å²) in [5, 5.41) is 1.12. The molecule has 0 aliphatic carbocycles. The topological polar surface area (TPSA) is 59.2 Å². The molecule has 0 fully saturated rings. The highest BCUT2D eigenvalue weighted by Crippen LogP contribution is 2.24. The van der Waals surface area contributed by atoms with Crippen molar-refractivity contribution in [3.8, 4) is 0 Å². The largest absolute Gasteiger partial charge is 0.451 e. The van der Waals surface area contributed by atoms with Crippen molar-refractivity contribution in [2.24, 2.45) is 0 Å². The number of aromatic nitrogens is 1. The number of ketones is 1. The Bertz CT molecular complexity index is 929. The van der Waals surface area contributed by atoms with Crippen LogP contribution in [0.4, 0.5) is 0 Å². The number of benzene rings is 2. The predicted octanol–water partition coefficient (Wildman–Crippen LogP) is 4.56. The zero-order valence-corrected chi connectivity index (χ0v) is 14.1. The molecule has 0 spiro atoms. The quantitative estimate of drug-likeness (QED) is 0.559. The number of carbonyl (C=O) groups is 2. The van der Waals surface area contributed by atoms with E-state index in [1.165, 1.54) is 0 Å². The number of carbonyl (C=O) groups excluding carboxylic acids is 2. The summed E-state index contributed by atoms with van der Waals surface area (Å²) in [4.78, 5) is 28.2. The molecule has 0 aliphatic heterocycles. The normalized spacial score (nSPS) is 12.1. The first kappa shape index (κ1) is 16.3. The number of Topliss-reactive ketones (excluding diaryl/α,β-unsaturated/α-hetero) is 1. The maximum atomic E-state index is 12.8. The van der Waals surface area contributed by atoms with Gasteiger partial charge in [0.15, 0.2) is 6.10 Å². The van der Waals surface area contributed by atoms with E-state index in [4.69, 9.17) is 16.3 Å². The Kier molecular flexibility index (Phi) is 4.40. The highest BCUT2D eigenvalue weighted by Gasteiger charge is 2.25. The maximum Gasteiger partial charge on any atom is 0.340 e. The number of esters is 1. The Morgan fingerprint density at radius 2 is 1.75 bits per heavy atom. The molecule has 1 heterocycles. The fourth-order valence-corrected chi connectivity index (χ4v) is 2.91. The standard InChI is InChI=1S/C19H16ClNO3/c1-11-17(14-8-4-6-10-16(14)21-11)18(22)12(2)24-19(23)13-7-3-5-9-15(13)20/h3-10,12,21H,1-2H3. The van der Waals surface area contributed by atoms with Crippen LogP contribution in [0, 0.1) is 6.92 Å². The molecule has 0 saturated heterocycles. The third-order valence-corrected chi connectivity index (χ3v) is 4.22. The van der Waals surface area contributed by atoms with E-state index in [2.05, 4.69) is 4.98 Å². The molecule has 2 aromatic carbocycles. The number of hydrogen-bond acceptors (Lipinski definition) is 3. The third kappa shape index (κ3) is 2.93. The Labute approximate surface area is 144 Å². The molecule has 1 aromatic heterocycles. The number of hydrogen-bond donors (Lipinski definition) is 1. The lowest BCUT2D eigenvalue weighted by atomic mass is 10.0. The van der Waals surface area contributed by atoms with Crippen molar-refractivity contribution < 1.29 is 14.3 Å². The van der Waals surface area contributed by atoms with Crippen LogP contribution in [0.3, 0.4) is 0 Å². The van der Waals surface area contributed by atoms with Crippen LogP contribution in [-0.2, 0) is 4.74 Å². The number of nitrogens with one attached hydrogen (secondary N) is 1. The molecule has 24 heavy (non-hydrogen) atoms. The summed E-state index contributed by atoms with van der Waals surface area (Å²) in [6, 6.07) is 14.1. The van der Waals surface area contributed by atoms with Gasteiger partial charge in [-0.3, -0.25) is 4.79 Å². The second-order valence-corrected chi connectivity index (χ2v) is 5.97. The van der Waals surface area contributed by atoms with E-state index < -0.39 is 12.1 Å². The van der Waals surface area contributed by atoms with E-state index in [1.807, 2.05) is 31.2 Å². The van der Waals surface area contributed by atoms with Gasteiger partial charge in [-0.15, -0.1) is 0 Å². The highest BCUT2D eigenvalue weighted by atomic mass is 35.5. The molecular weight excluding hydrogens is 326 g/mol. The lowest BCUT2D eigenvalue weighted by Crippen LogP contribution is -2.25. The SMILES string of the molecule is Cc1[nH]c2ccccc2c1C(=O)C(C)OC(=O)c1ccccc1Cl. The molecule has 4 nitrogen and oxygen atoms in total. The second kappa shape index (κ2) is 6.49. The zero-order valence-electron chi connectivity index (χ0n) is 13.3. The Hall–Kier alpha value is -2.59. The molecule has 0 amide bonds. The molecular formula is C19H16ClNO3. The number of fused-ring (bicyclic) bond motifs is 1. The first-order valence-corrected chi connectivity index (χ1v) is 7.94. The van der Waals surface area contributed by atoms with E-state index in [-0.39, 0.29) is 11.3 Å². The van der Waals surface area contributed by atoms with Crippen LogP contribution >= 0.6 is 11.6 Å². The summed E-state index contributed by atoms with van der Waals surface area (Å²) in [7, 11) is 0. The van der Waals surface area contributed by atoms with Crippen molar-refractivity contribution in [1.29, 1.82) is 0 Å². The number of ether oxygens (including phenoxy) is 1. The molecule has 0 bridgehead atoms. The maximum absolute atomic E-state index is 12.8. The van der Waals surface area contributed by atoms with Crippen molar-refractivity contribution in [3.63, 3.8) is 0 Å². The minimum atomic E-state index is -0.910. The number of halogens is 1. The van der Waals surface area contributed by atoms with Gasteiger partial charge < -0.3 is 9.72 Å². The van der Waals surface area contributed by atoms with Gasteiger partial charge in [0.05, 0.1) is 10.6 Å². The van der Waals surface area contributed by atoms with Gasteiger partial charge in [-0.25, -0.2) is 4.79 Å². The van der Waals surface area contributed by atoms with E-state index in [9.17, 15) is 9.59 Å². The van der Waals surface area contributed by atoms with E-state index in [1.54, 1.807) is 31.2 Å². The number of aromatic amines is 1. The average molecular weight is 342 g/mol. The van der Waals surface area contributed by atoms with Crippen LogP contribution < -0.4 is 0 Å². The summed E-state index contributed by atoms with van der Waals surface area (Å²) in [5.74, 6) is -0.857. The smallest absolute Gasteiger partial charge is 0.340 e. The van der Waals surface area contributed by atoms with Crippen LogP contribution in [0.1, 0.15) is 33.3 Å². The van der Waals surface area contributed by atoms with E-state index in [0.29, 0.717) is 10.6 Å². The van der Waals surface area contributed by atoms with Crippen molar-refractivity contribution in [2.45, 2.75) is 20.0 Å². The number of H-pyrrole nitrogens is 1. The second-order valence-electron chi connectivity index (χ2n) is 5.56.